The van der Waals surface area contributed by atoms with E-state index in [4.69, 9.17) is 19.7 Å². The van der Waals surface area contributed by atoms with Gasteiger partial charge in [0, 0.05) is 6.08 Å². The van der Waals surface area contributed by atoms with E-state index in [0.717, 1.165) is 6.08 Å². The van der Waals surface area contributed by atoms with Crippen molar-refractivity contribution >= 4 is 12.0 Å². The molecule has 1 aliphatic rings. The van der Waals surface area contributed by atoms with E-state index in [1.165, 1.54) is 18.2 Å². The molecule has 0 aliphatic carbocycles. The molecule has 0 radical (unpaired) electrons. The molecular formula is C15H18O8. The van der Waals surface area contributed by atoms with Crippen molar-refractivity contribution < 1.29 is 39.8 Å². The maximum absolute atomic E-state index is 11.7. The third-order valence-electron chi connectivity index (χ3n) is 3.39. The number of esters is 1. The van der Waals surface area contributed by atoms with Gasteiger partial charge < -0.3 is 35.0 Å². The molecule has 23 heavy (non-hydrogen) atoms. The van der Waals surface area contributed by atoms with Gasteiger partial charge in [0.25, 0.3) is 0 Å². The Morgan fingerprint density at radius 1 is 1.13 bits per heavy atom. The van der Waals surface area contributed by atoms with Crippen molar-refractivity contribution in [1.82, 2.24) is 0 Å². The highest BCUT2D eigenvalue weighted by Gasteiger charge is 2.45. The Labute approximate surface area is 131 Å². The van der Waals surface area contributed by atoms with Crippen molar-refractivity contribution in [3.05, 3.63) is 35.9 Å². The van der Waals surface area contributed by atoms with Gasteiger partial charge in [-0.05, 0) is 23.8 Å². The van der Waals surface area contributed by atoms with Crippen LogP contribution in [0.1, 0.15) is 5.56 Å². The maximum atomic E-state index is 11.7. The minimum absolute atomic E-state index is 0.0889. The smallest absolute Gasteiger partial charge is 0.333 e. The van der Waals surface area contributed by atoms with Gasteiger partial charge >= 0.3 is 5.97 Å². The first-order chi connectivity index (χ1) is 10.9. The van der Waals surface area contributed by atoms with Crippen LogP contribution in [0.5, 0.6) is 5.75 Å². The predicted octanol–water partition coefficient (Wildman–Crippen LogP) is -1.25. The number of ether oxygens (including phenoxy) is 2. The van der Waals surface area contributed by atoms with E-state index in [9.17, 15) is 20.1 Å². The number of aromatic hydroxyl groups is 1. The molecule has 2 unspecified atom stereocenters. The van der Waals surface area contributed by atoms with Crippen molar-refractivity contribution in [2.75, 3.05) is 6.61 Å². The van der Waals surface area contributed by atoms with Crippen LogP contribution in [-0.2, 0) is 14.3 Å². The Kier molecular flexibility index (Phi) is 5.69. The van der Waals surface area contributed by atoms with Gasteiger partial charge in [0.2, 0.25) is 6.29 Å². The van der Waals surface area contributed by atoms with Crippen molar-refractivity contribution in [1.29, 1.82) is 0 Å². The van der Waals surface area contributed by atoms with Crippen LogP contribution >= 0.6 is 0 Å². The summed E-state index contributed by atoms with van der Waals surface area (Å²) in [6.07, 6.45) is -4.93. The van der Waals surface area contributed by atoms with Crippen LogP contribution in [0, 0.1) is 0 Å². The van der Waals surface area contributed by atoms with Gasteiger partial charge in [0.15, 0.2) is 0 Å². The van der Waals surface area contributed by atoms with Crippen molar-refractivity contribution in [2.24, 2.45) is 0 Å². The van der Waals surface area contributed by atoms with E-state index in [0.29, 0.717) is 5.56 Å². The van der Waals surface area contributed by atoms with Crippen LogP contribution in [-0.4, -0.2) is 68.8 Å². The number of benzene rings is 1. The molecule has 1 aliphatic heterocycles. The zero-order valence-electron chi connectivity index (χ0n) is 12.0. The minimum atomic E-state index is -1.64. The molecule has 126 valence electrons. The normalized spacial score (nSPS) is 31.2. The fourth-order valence-electron chi connectivity index (χ4n) is 2.07. The largest absolute Gasteiger partial charge is 0.508 e. The molecule has 0 aromatic heterocycles. The second-order valence-corrected chi connectivity index (χ2v) is 5.06. The SMILES string of the molecule is O=C(/C=C/c1ccc(O)cc1)O[C@@H]1OC(CO)[C@@H](O)[C@@H](O)C1O. The predicted molar refractivity (Wildman–Crippen MR) is 77.0 cm³/mol. The third-order valence-corrected chi connectivity index (χ3v) is 3.39. The monoisotopic (exact) mass is 326 g/mol. The van der Waals surface area contributed by atoms with Crippen LogP contribution in [0.15, 0.2) is 30.3 Å². The zero-order valence-corrected chi connectivity index (χ0v) is 12.0. The molecule has 1 aromatic rings. The summed E-state index contributed by atoms with van der Waals surface area (Å²) in [5.74, 6) is -0.756. The van der Waals surface area contributed by atoms with Gasteiger partial charge in [-0.1, -0.05) is 12.1 Å². The van der Waals surface area contributed by atoms with E-state index in [1.54, 1.807) is 12.1 Å². The molecule has 1 aromatic carbocycles. The van der Waals surface area contributed by atoms with Gasteiger partial charge in [-0.2, -0.15) is 0 Å². The van der Waals surface area contributed by atoms with E-state index in [-0.39, 0.29) is 5.75 Å². The Balaban J connectivity index is 1.97. The molecule has 1 saturated heterocycles. The Morgan fingerprint density at radius 3 is 2.39 bits per heavy atom. The molecule has 2 rings (SSSR count). The number of hydrogen-bond acceptors (Lipinski definition) is 8. The quantitative estimate of drug-likeness (QED) is 0.342. The summed E-state index contributed by atoms with van der Waals surface area (Å²) in [5.41, 5.74) is 0.633. The highest BCUT2D eigenvalue weighted by atomic mass is 16.7. The van der Waals surface area contributed by atoms with Crippen molar-refractivity contribution in [3.63, 3.8) is 0 Å². The molecule has 8 nitrogen and oxygen atoms in total. The van der Waals surface area contributed by atoms with E-state index in [2.05, 4.69) is 0 Å². The van der Waals surface area contributed by atoms with Crippen LogP contribution in [0.25, 0.3) is 6.08 Å². The number of rotatable bonds is 4. The van der Waals surface area contributed by atoms with Gasteiger partial charge in [-0.25, -0.2) is 4.79 Å². The molecule has 8 heteroatoms. The average Bonchev–Trinajstić information content (AvgIpc) is 2.55. The molecule has 0 bridgehead atoms. The average molecular weight is 326 g/mol. The van der Waals surface area contributed by atoms with Crippen LogP contribution in [0.4, 0.5) is 0 Å². The summed E-state index contributed by atoms with van der Waals surface area (Å²) >= 11 is 0. The number of carbonyl (C=O) groups is 1. The molecule has 0 spiro atoms. The second-order valence-electron chi connectivity index (χ2n) is 5.06. The number of phenols is 1. The zero-order chi connectivity index (χ0) is 17.0. The summed E-state index contributed by atoms with van der Waals surface area (Å²) in [6, 6.07) is 6.05. The Morgan fingerprint density at radius 2 is 1.78 bits per heavy atom. The lowest BCUT2D eigenvalue weighted by molar-refractivity contribution is -0.291. The lowest BCUT2D eigenvalue weighted by atomic mass is 9.99. The fraction of sp³-hybridized carbons (Fsp3) is 0.400. The lowest BCUT2D eigenvalue weighted by Gasteiger charge is -2.38. The molecule has 0 saturated carbocycles. The number of phenolic OH excluding ortho intramolecular Hbond substituents is 1. The van der Waals surface area contributed by atoms with Gasteiger partial charge in [0.1, 0.15) is 30.2 Å². The summed E-state index contributed by atoms with van der Waals surface area (Å²) in [6.45, 7) is -0.609. The van der Waals surface area contributed by atoms with Crippen LogP contribution in [0.3, 0.4) is 0 Å². The molecule has 5 N–H and O–H groups in total. The van der Waals surface area contributed by atoms with Crippen LogP contribution in [0.2, 0.25) is 0 Å². The second kappa shape index (κ2) is 7.53. The topological polar surface area (TPSA) is 137 Å². The first-order valence-electron chi connectivity index (χ1n) is 6.90. The summed E-state index contributed by atoms with van der Waals surface area (Å²) < 4.78 is 9.92. The molecule has 1 fully saturated rings. The van der Waals surface area contributed by atoms with Crippen LogP contribution < -0.4 is 0 Å². The van der Waals surface area contributed by atoms with Gasteiger partial charge in [-0.15, -0.1) is 0 Å². The van der Waals surface area contributed by atoms with Gasteiger partial charge in [0.05, 0.1) is 6.61 Å². The Hall–Kier alpha value is -1.97. The number of aliphatic hydroxyl groups is 4. The summed E-state index contributed by atoms with van der Waals surface area (Å²) in [5, 5.41) is 47.1. The molecular weight excluding hydrogens is 308 g/mol. The maximum Gasteiger partial charge on any atom is 0.333 e. The van der Waals surface area contributed by atoms with Crippen molar-refractivity contribution in [3.8, 4) is 5.75 Å². The Bertz CT molecular complexity index is 553. The number of carbonyl (C=O) groups excluding carboxylic acids is 1. The minimum Gasteiger partial charge on any atom is -0.508 e. The molecule has 5 atom stereocenters. The molecule has 1 heterocycles. The highest BCUT2D eigenvalue weighted by Crippen LogP contribution is 2.22. The number of hydrogen-bond donors (Lipinski definition) is 5. The third kappa shape index (κ3) is 4.27. The van der Waals surface area contributed by atoms with E-state index < -0.39 is 43.3 Å². The standard InChI is InChI=1S/C15H18O8/c16-7-10-12(19)13(20)14(21)15(22-10)23-11(18)6-3-8-1-4-9(17)5-2-8/h1-6,10,12-17,19-21H,7H2/b6-3+/t10?,12-,13-,14?,15+/m1/s1. The highest BCUT2D eigenvalue weighted by molar-refractivity contribution is 5.87. The summed E-state index contributed by atoms with van der Waals surface area (Å²) in [4.78, 5) is 11.7. The lowest BCUT2D eigenvalue weighted by Crippen LogP contribution is -2.59. The first kappa shape index (κ1) is 17.4. The van der Waals surface area contributed by atoms with E-state index in [1.807, 2.05) is 0 Å². The summed E-state index contributed by atoms with van der Waals surface area (Å²) in [7, 11) is 0. The van der Waals surface area contributed by atoms with Gasteiger partial charge in [-0.3, -0.25) is 0 Å². The first-order valence-corrected chi connectivity index (χ1v) is 6.90. The number of aliphatic hydroxyl groups excluding tert-OH is 4. The molecule has 0 amide bonds. The van der Waals surface area contributed by atoms with E-state index >= 15 is 0 Å². The van der Waals surface area contributed by atoms with Crippen molar-refractivity contribution in [2.45, 2.75) is 30.7 Å². The fourth-order valence-corrected chi connectivity index (χ4v) is 2.07.